The second-order valence-electron chi connectivity index (χ2n) is 8.75. The summed E-state index contributed by atoms with van der Waals surface area (Å²) in [7, 11) is 1.58. The molecular weight excluding hydrogens is 474 g/mol. The van der Waals surface area contributed by atoms with Crippen LogP contribution in [0.25, 0.3) is 32.4 Å². The fraction of sp³-hybridized carbons (Fsp3) is 0.231. The molecule has 4 N–H and O–H groups in total. The Morgan fingerprint density at radius 3 is 2.81 bits per heavy atom. The lowest BCUT2D eigenvalue weighted by Gasteiger charge is -2.23. The SMILES string of the molecule is COc1cc(-c2nn(C3CCNCC3)c3ncnc(N)c23)ccc1NC(=O)c1cc2ccccc2s1. The first-order valence-corrected chi connectivity index (χ1v) is 12.6. The van der Waals surface area contributed by atoms with Gasteiger partial charge in [-0.3, -0.25) is 4.79 Å². The van der Waals surface area contributed by atoms with Crippen LogP contribution in [0.2, 0.25) is 0 Å². The second kappa shape index (κ2) is 9.21. The number of anilines is 2. The summed E-state index contributed by atoms with van der Waals surface area (Å²) in [6, 6.07) is 15.7. The smallest absolute Gasteiger partial charge is 0.265 e. The van der Waals surface area contributed by atoms with Crippen molar-refractivity contribution in [3.8, 4) is 17.0 Å². The number of rotatable bonds is 5. The summed E-state index contributed by atoms with van der Waals surface area (Å²) < 4.78 is 8.70. The Morgan fingerprint density at radius 2 is 2.00 bits per heavy atom. The molecule has 1 saturated heterocycles. The fourth-order valence-electron chi connectivity index (χ4n) is 4.72. The van der Waals surface area contributed by atoms with Crippen molar-refractivity contribution in [1.82, 2.24) is 25.1 Å². The highest BCUT2D eigenvalue weighted by Gasteiger charge is 2.24. The van der Waals surface area contributed by atoms with E-state index in [9.17, 15) is 4.79 Å². The number of nitrogens with one attached hydrogen (secondary N) is 2. The summed E-state index contributed by atoms with van der Waals surface area (Å²) in [5.41, 5.74) is 9.11. The van der Waals surface area contributed by atoms with Crippen LogP contribution in [0, 0.1) is 0 Å². The predicted molar refractivity (Wildman–Crippen MR) is 143 cm³/mol. The molecule has 0 spiro atoms. The quantitative estimate of drug-likeness (QED) is 0.326. The minimum Gasteiger partial charge on any atom is -0.495 e. The van der Waals surface area contributed by atoms with E-state index in [-0.39, 0.29) is 11.9 Å². The van der Waals surface area contributed by atoms with Gasteiger partial charge in [0.25, 0.3) is 5.91 Å². The number of fused-ring (bicyclic) bond motifs is 2. The molecule has 0 aliphatic carbocycles. The lowest BCUT2D eigenvalue weighted by molar-refractivity contribution is 0.103. The number of ether oxygens (including phenoxy) is 1. The highest BCUT2D eigenvalue weighted by atomic mass is 32.1. The van der Waals surface area contributed by atoms with Crippen molar-refractivity contribution < 1.29 is 9.53 Å². The zero-order chi connectivity index (χ0) is 24.6. The first-order chi connectivity index (χ1) is 17.6. The van der Waals surface area contributed by atoms with Gasteiger partial charge in [-0.25, -0.2) is 14.6 Å². The molecule has 0 radical (unpaired) electrons. The molecule has 182 valence electrons. The number of nitrogens with two attached hydrogens (primary N) is 1. The molecule has 0 atom stereocenters. The third kappa shape index (κ3) is 3.94. The summed E-state index contributed by atoms with van der Waals surface area (Å²) in [4.78, 5) is 22.4. The van der Waals surface area contributed by atoms with Crippen molar-refractivity contribution in [1.29, 1.82) is 0 Å². The zero-order valence-corrected chi connectivity index (χ0v) is 20.5. The topological polar surface area (TPSA) is 120 Å². The van der Waals surface area contributed by atoms with E-state index in [1.54, 1.807) is 7.11 Å². The third-order valence-electron chi connectivity index (χ3n) is 6.55. The summed E-state index contributed by atoms with van der Waals surface area (Å²) in [6.45, 7) is 1.87. The van der Waals surface area contributed by atoms with E-state index >= 15 is 0 Å². The summed E-state index contributed by atoms with van der Waals surface area (Å²) in [5.74, 6) is 0.735. The maximum absolute atomic E-state index is 13.0. The van der Waals surface area contributed by atoms with Gasteiger partial charge in [0.2, 0.25) is 0 Å². The molecule has 6 rings (SSSR count). The van der Waals surface area contributed by atoms with Crippen molar-refractivity contribution in [2.75, 3.05) is 31.2 Å². The van der Waals surface area contributed by atoms with Crippen molar-refractivity contribution in [3.63, 3.8) is 0 Å². The van der Waals surface area contributed by atoms with E-state index < -0.39 is 0 Å². The second-order valence-corrected chi connectivity index (χ2v) is 9.83. The number of carbonyl (C=O) groups excluding carboxylic acids is 1. The van der Waals surface area contributed by atoms with Crippen LogP contribution in [0.5, 0.6) is 5.75 Å². The van der Waals surface area contributed by atoms with Gasteiger partial charge >= 0.3 is 0 Å². The molecule has 0 saturated carbocycles. The molecule has 3 aromatic heterocycles. The van der Waals surface area contributed by atoms with Crippen LogP contribution in [0.15, 0.2) is 54.9 Å². The monoisotopic (exact) mass is 499 g/mol. The first kappa shape index (κ1) is 22.4. The van der Waals surface area contributed by atoms with E-state index in [1.807, 2.05) is 53.2 Å². The van der Waals surface area contributed by atoms with E-state index in [2.05, 4.69) is 20.6 Å². The summed E-state index contributed by atoms with van der Waals surface area (Å²) in [6.07, 6.45) is 3.41. The minimum atomic E-state index is -0.180. The van der Waals surface area contributed by atoms with Gasteiger partial charge in [0.1, 0.15) is 23.6 Å². The molecule has 4 heterocycles. The average Bonchev–Trinajstić information content (AvgIpc) is 3.52. The van der Waals surface area contributed by atoms with E-state index in [0.717, 1.165) is 52.6 Å². The molecule has 5 aromatic rings. The zero-order valence-electron chi connectivity index (χ0n) is 19.7. The van der Waals surface area contributed by atoms with Gasteiger partial charge in [-0.1, -0.05) is 24.3 Å². The Kier molecular flexibility index (Phi) is 5.74. The molecule has 2 aromatic carbocycles. The van der Waals surface area contributed by atoms with Gasteiger partial charge in [0.15, 0.2) is 5.65 Å². The van der Waals surface area contributed by atoms with Gasteiger partial charge in [-0.2, -0.15) is 5.10 Å². The number of hydrogen-bond donors (Lipinski definition) is 3. The summed E-state index contributed by atoms with van der Waals surface area (Å²) in [5, 5.41) is 13.1. The number of methoxy groups -OCH3 is 1. The van der Waals surface area contributed by atoms with Crippen LogP contribution in [-0.4, -0.2) is 45.9 Å². The van der Waals surface area contributed by atoms with Gasteiger partial charge in [-0.05, 0) is 55.6 Å². The highest BCUT2D eigenvalue weighted by molar-refractivity contribution is 7.20. The molecule has 36 heavy (non-hydrogen) atoms. The van der Waals surface area contributed by atoms with Crippen LogP contribution < -0.4 is 21.1 Å². The lowest BCUT2D eigenvalue weighted by Crippen LogP contribution is -2.30. The number of carbonyl (C=O) groups is 1. The molecule has 9 nitrogen and oxygen atoms in total. The van der Waals surface area contributed by atoms with Gasteiger partial charge in [0, 0.05) is 10.3 Å². The Balaban J connectivity index is 1.36. The number of aromatic nitrogens is 4. The highest BCUT2D eigenvalue weighted by Crippen LogP contribution is 2.37. The first-order valence-electron chi connectivity index (χ1n) is 11.8. The third-order valence-corrected chi connectivity index (χ3v) is 7.66. The van der Waals surface area contributed by atoms with Crippen LogP contribution >= 0.6 is 11.3 Å². The maximum Gasteiger partial charge on any atom is 0.265 e. The Morgan fingerprint density at radius 1 is 1.17 bits per heavy atom. The molecular formula is C26H25N7O2S. The molecule has 1 amide bonds. The van der Waals surface area contributed by atoms with Gasteiger partial charge in [0.05, 0.1) is 29.1 Å². The van der Waals surface area contributed by atoms with Gasteiger partial charge in [-0.15, -0.1) is 11.3 Å². The largest absolute Gasteiger partial charge is 0.495 e. The standard InChI is InChI=1S/C26H25N7O2S/c1-35-19-12-16(6-7-18(19)31-26(34)21-13-15-4-2-3-5-20(15)36-21)23-22-24(27)29-14-30-25(22)33(32-23)17-8-10-28-11-9-17/h2-7,12-14,17,28H,8-11H2,1H3,(H,31,34)(H2,27,29,30). The van der Waals surface area contributed by atoms with Crippen molar-refractivity contribution >= 4 is 49.9 Å². The minimum absolute atomic E-state index is 0.180. The number of piperidine rings is 1. The maximum atomic E-state index is 13.0. The number of nitrogen functional groups attached to an aromatic ring is 1. The molecule has 1 aliphatic heterocycles. The molecule has 1 fully saturated rings. The Hall–Kier alpha value is -4.02. The van der Waals surface area contributed by atoms with Crippen molar-refractivity contribution in [2.45, 2.75) is 18.9 Å². The van der Waals surface area contributed by atoms with E-state index in [0.29, 0.717) is 27.8 Å². The number of benzene rings is 2. The molecule has 0 bridgehead atoms. The van der Waals surface area contributed by atoms with E-state index in [4.69, 9.17) is 15.6 Å². The van der Waals surface area contributed by atoms with Crippen molar-refractivity contribution in [2.24, 2.45) is 0 Å². The van der Waals surface area contributed by atoms with Crippen LogP contribution in [0.3, 0.4) is 0 Å². The lowest BCUT2D eigenvalue weighted by atomic mass is 10.1. The molecule has 0 unspecified atom stereocenters. The number of thiophene rings is 1. The Labute approximate surface area is 211 Å². The van der Waals surface area contributed by atoms with Crippen molar-refractivity contribution in [3.05, 3.63) is 59.7 Å². The van der Waals surface area contributed by atoms with Crippen LogP contribution in [0.1, 0.15) is 28.6 Å². The van der Waals surface area contributed by atoms with Crippen LogP contribution in [0.4, 0.5) is 11.5 Å². The average molecular weight is 500 g/mol. The summed E-state index contributed by atoms with van der Waals surface area (Å²) >= 11 is 1.46. The number of hydrogen-bond acceptors (Lipinski definition) is 8. The Bertz CT molecular complexity index is 1550. The number of nitrogens with zero attached hydrogens (tertiary/aromatic N) is 4. The van der Waals surface area contributed by atoms with E-state index in [1.165, 1.54) is 17.7 Å². The predicted octanol–water partition coefficient (Wildman–Crippen LogP) is 4.48. The number of amides is 1. The molecule has 1 aliphatic rings. The van der Waals surface area contributed by atoms with Gasteiger partial charge < -0.3 is 21.1 Å². The fourth-order valence-corrected chi connectivity index (χ4v) is 5.68. The van der Waals surface area contributed by atoms with Crippen LogP contribution in [-0.2, 0) is 0 Å². The molecule has 10 heteroatoms. The normalized spacial score (nSPS) is 14.4.